The Hall–Kier alpha value is -0.610. The Morgan fingerprint density at radius 3 is 2.67 bits per heavy atom. The number of piperidine rings is 1. The van der Waals surface area contributed by atoms with Crippen molar-refractivity contribution in [1.29, 1.82) is 0 Å². The number of carbonyl (C=O) groups is 1. The van der Waals surface area contributed by atoms with Crippen molar-refractivity contribution in [3.63, 3.8) is 0 Å². The number of hydrogen-bond donors (Lipinski definition) is 1. The normalized spacial score (nSPS) is 21.1. The molecule has 1 N–H and O–H groups in total. The second-order valence-electron chi connectivity index (χ2n) is 5.82. The van der Waals surface area contributed by atoms with Gasteiger partial charge < -0.3 is 14.8 Å². The lowest BCUT2D eigenvalue weighted by atomic mass is 9.75. The number of nitrogens with one attached hydrogen (secondary N) is 1. The van der Waals surface area contributed by atoms with Crippen LogP contribution in [-0.4, -0.2) is 38.4 Å². The largest absolute Gasteiger partial charge is 0.463 e. The van der Waals surface area contributed by atoms with Crippen molar-refractivity contribution in [3.05, 3.63) is 0 Å². The van der Waals surface area contributed by atoms with Crippen LogP contribution in [0.3, 0.4) is 0 Å². The molecule has 0 aromatic rings. The Morgan fingerprint density at radius 2 is 2.11 bits per heavy atom. The van der Waals surface area contributed by atoms with Gasteiger partial charge in [-0.2, -0.15) is 0 Å². The van der Waals surface area contributed by atoms with Crippen LogP contribution in [0.4, 0.5) is 0 Å². The highest BCUT2D eigenvalue weighted by Crippen LogP contribution is 2.32. The van der Waals surface area contributed by atoms with Crippen LogP contribution in [0.15, 0.2) is 0 Å². The van der Waals surface area contributed by atoms with Crippen molar-refractivity contribution in [2.75, 3.05) is 26.3 Å². The molecule has 1 aliphatic heterocycles. The molecule has 1 atom stereocenters. The first-order chi connectivity index (χ1) is 8.44. The maximum atomic E-state index is 12.1. The SMILES string of the molecule is CC(C)OCCOC(=O)C(C)(C)C1CCCNC1. The Kier molecular flexibility index (Phi) is 6.09. The molecule has 4 nitrogen and oxygen atoms in total. The van der Waals surface area contributed by atoms with Crippen molar-refractivity contribution in [1.82, 2.24) is 5.32 Å². The van der Waals surface area contributed by atoms with E-state index in [0.29, 0.717) is 19.1 Å². The predicted octanol–water partition coefficient (Wildman–Crippen LogP) is 1.98. The van der Waals surface area contributed by atoms with Crippen LogP contribution in [0, 0.1) is 11.3 Å². The molecular weight excluding hydrogens is 230 g/mol. The molecule has 0 amide bonds. The third kappa shape index (κ3) is 4.58. The van der Waals surface area contributed by atoms with Gasteiger partial charge in [0.25, 0.3) is 0 Å². The first-order valence-electron chi connectivity index (χ1n) is 6.94. The summed E-state index contributed by atoms with van der Waals surface area (Å²) in [5.41, 5.74) is -0.411. The lowest BCUT2D eigenvalue weighted by Gasteiger charge is -2.35. The summed E-state index contributed by atoms with van der Waals surface area (Å²) in [5, 5.41) is 3.35. The van der Waals surface area contributed by atoms with Gasteiger partial charge in [0.15, 0.2) is 0 Å². The van der Waals surface area contributed by atoms with E-state index in [4.69, 9.17) is 9.47 Å². The quantitative estimate of drug-likeness (QED) is 0.584. The highest BCUT2D eigenvalue weighted by Gasteiger charge is 2.38. The molecule has 18 heavy (non-hydrogen) atoms. The molecule has 1 saturated heterocycles. The minimum atomic E-state index is -0.411. The Morgan fingerprint density at radius 1 is 1.39 bits per heavy atom. The minimum Gasteiger partial charge on any atom is -0.463 e. The van der Waals surface area contributed by atoms with E-state index in [-0.39, 0.29) is 12.1 Å². The van der Waals surface area contributed by atoms with Crippen LogP contribution in [0.25, 0.3) is 0 Å². The minimum absolute atomic E-state index is 0.108. The molecule has 1 aliphatic rings. The topological polar surface area (TPSA) is 47.6 Å². The monoisotopic (exact) mass is 257 g/mol. The first-order valence-corrected chi connectivity index (χ1v) is 6.94. The van der Waals surface area contributed by atoms with Crippen molar-refractivity contribution < 1.29 is 14.3 Å². The van der Waals surface area contributed by atoms with Crippen LogP contribution in [0.5, 0.6) is 0 Å². The smallest absolute Gasteiger partial charge is 0.311 e. The molecule has 1 fully saturated rings. The molecule has 0 spiro atoms. The Labute approximate surface area is 110 Å². The molecule has 0 saturated carbocycles. The lowest BCUT2D eigenvalue weighted by Crippen LogP contribution is -2.43. The number of hydrogen-bond acceptors (Lipinski definition) is 4. The van der Waals surface area contributed by atoms with Crippen molar-refractivity contribution in [2.45, 2.75) is 46.6 Å². The summed E-state index contributed by atoms with van der Waals surface area (Å²) in [6.45, 7) is 10.7. The zero-order valence-corrected chi connectivity index (χ0v) is 12.1. The van der Waals surface area contributed by atoms with Crippen molar-refractivity contribution in [3.8, 4) is 0 Å². The fourth-order valence-corrected chi connectivity index (χ4v) is 2.24. The number of ether oxygens (including phenoxy) is 2. The van der Waals surface area contributed by atoms with Gasteiger partial charge in [-0.05, 0) is 59.5 Å². The molecular formula is C14H27NO3. The summed E-state index contributed by atoms with van der Waals surface area (Å²) < 4.78 is 10.7. The highest BCUT2D eigenvalue weighted by molar-refractivity contribution is 5.76. The molecule has 1 unspecified atom stereocenters. The number of esters is 1. The molecule has 106 valence electrons. The van der Waals surface area contributed by atoms with E-state index in [1.165, 1.54) is 0 Å². The fraction of sp³-hybridized carbons (Fsp3) is 0.929. The zero-order chi connectivity index (χ0) is 13.6. The molecule has 1 rings (SSSR count). The van der Waals surface area contributed by atoms with E-state index in [1.54, 1.807) is 0 Å². The van der Waals surface area contributed by atoms with Gasteiger partial charge in [-0.25, -0.2) is 0 Å². The Balaban J connectivity index is 2.33. The number of rotatable bonds is 6. The van der Waals surface area contributed by atoms with Gasteiger partial charge >= 0.3 is 5.97 Å². The van der Waals surface area contributed by atoms with E-state index in [9.17, 15) is 4.79 Å². The van der Waals surface area contributed by atoms with Gasteiger partial charge in [-0.3, -0.25) is 4.79 Å². The highest BCUT2D eigenvalue weighted by atomic mass is 16.6. The fourth-order valence-electron chi connectivity index (χ4n) is 2.24. The third-order valence-corrected chi connectivity index (χ3v) is 3.61. The molecule has 1 heterocycles. The average Bonchev–Trinajstić information content (AvgIpc) is 2.35. The first kappa shape index (κ1) is 15.4. The molecule has 0 aromatic carbocycles. The van der Waals surface area contributed by atoms with Crippen molar-refractivity contribution >= 4 is 5.97 Å². The van der Waals surface area contributed by atoms with Gasteiger partial charge in [0.05, 0.1) is 18.1 Å². The summed E-state index contributed by atoms with van der Waals surface area (Å²) in [6, 6.07) is 0. The summed E-state index contributed by atoms with van der Waals surface area (Å²) in [6.07, 6.45) is 2.41. The third-order valence-electron chi connectivity index (χ3n) is 3.61. The van der Waals surface area contributed by atoms with Gasteiger partial charge in [-0.15, -0.1) is 0 Å². The van der Waals surface area contributed by atoms with Crippen LogP contribution < -0.4 is 5.32 Å². The zero-order valence-electron chi connectivity index (χ0n) is 12.1. The van der Waals surface area contributed by atoms with Crippen molar-refractivity contribution in [2.24, 2.45) is 11.3 Å². The molecule has 0 aromatic heterocycles. The van der Waals surface area contributed by atoms with E-state index >= 15 is 0 Å². The maximum absolute atomic E-state index is 12.1. The predicted molar refractivity (Wildman–Crippen MR) is 71.4 cm³/mol. The summed E-state index contributed by atoms with van der Waals surface area (Å²) in [5.74, 6) is 0.258. The van der Waals surface area contributed by atoms with Gasteiger partial charge in [0.1, 0.15) is 6.61 Å². The van der Waals surface area contributed by atoms with Crippen LogP contribution >= 0.6 is 0 Å². The Bertz CT molecular complexity index is 258. The van der Waals surface area contributed by atoms with Gasteiger partial charge in [0.2, 0.25) is 0 Å². The van der Waals surface area contributed by atoms with Gasteiger partial charge in [0, 0.05) is 0 Å². The van der Waals surface area contributed by atoms with Gasteiger partial charge in [-0.1, -0.05) is 0 Å². The van der Waals surface area contributed by atoms with E-state index < -0.39 is 5.41 Å². The summed E-state index contributed by atoms with van der Waals surface area (Å²) >= 11 is 0. The summed E-state index contributed by atoms with van der Waals surface area (Å²) in [7, 11) is 0. The summed E-state index contributed by atoms with van der Waals surface area (Å²) in [4.78, 5) is 12.1. The molecule has 0 bridgehead atoms. The average molecular weight is 257 g/mol. The van der Waals surface area contributed by atoms with E-state index in [1.807, 2.05) is 27.7 Å². The lowest BCUT2D eigenvalue weighted by molar-refractivity contribution is -0.159. The van der Waals surface area contributed by atoms with E-state index in [0.717, 1.165) is 25.9 Å². The molecule has 4 heteroatoms. The van der Waals surface area contributed by atoms with E-state index in [2.05, 4.69) is 5.32 Å². The maximum Gasteiger partial charge on any atom is 0.311 e. The van der Waals surface area contributed by atoms with Crippen LogP contribution in [0.2, 0.25) is 0 Å². The standard InChI is InChI=1S/C14H27NO3/c1-11(2)17-8-9-18-13(16)14(3,4)12-6-5-7-15-10-12/h11-12,15H,5-10H2,1-4H3. The second kappa shape index (κ2) is 7.10. The number of carbonyl (C=O) groups excluding carboxylic acids is 1. The van der Waals surface area contributed by atoms with Crippen LogP contribution in [0.1, 0.15) is 40.5 Å². The molecule has 0 radical (unpaired) electrons. The van der Waals surface area contributed by atoms with Crippen LogP contribution in [-0.2, 0) is 14.3 Å². The second-order valence-corrected chi connectivity index (χ2v) is 5.82. The molecule has 0 aliphatic carbocycles.